The van der Waals surface area contributed by atoms with Crippen molar-refractivity contribution in [3.8, 4) is 6.07 Å². The highest BCUT2D eigenvalue weighted by Crippen LogP contribution is 2.29. The van der Waals surface area contributed by atoms with Gasteiger partial charge >= 0.3 is 0 Å². The maximum atomic E-state index is 8.58. The van der Waals surface area contributed by atoms with Crippen LogP contribution in [0.2, 0.25) is 0 Å². The first-order valence-electron chi connectivity index (χ1n) is 4.39. The van der Waals surface area contributed by atoms with E-state index in [9.17, 15) is 0 Å². The van der Waals surface area contributed by atoms with Crippen LogP contribution in [0.1, 0.15) is 32.6 Å². The van der Waals surface area contributed by atoms with Crippen LogP contribution in [-0.2, 0) is 0 Å². The zero-order valence-electron chi connectivity index (χ0n) is 7.09. The fourth-order valence-electron chi connectivity index (χ4n) is 1.75. The lowest BCUT2D eigenvalue weighted by molar-refractivity contribution is 0.275. The molecule has 0 heterocycles. The summed E-state index contributed by atoms with van der Waals surface area (Å²) in [5, 5.41) is 8.58. The van der Waals surface area contributed by atoms with E-state index < -0.39 is 0 Å². The predicted molar refractivity (Wildman–Crippen MR) is 44.7 cm³/mol. The van der Waals surface area contributed by atoms with Crippen molar-refractivity contribution in [2.24, 2.45) is 17.6 Å². The molecule has 0 unspecified atom stereocenters. The summed E-state index contributed by atoms with van der Waals surface area (Å²) in [6, 6.07) is 1.91. The number of hydrogen-bond donors (Lipinski definition) is 1. The quantitative estimate of drug-likeness (QED) is 0.621. The van der Waals surface area contributed by atoms with Crippen LogP contribution >= 0.6 is 0 Å². The Labute approximate surface area is 68.4 Å². The highest BCUT2D eigenvalue weighted by atomic mass is 14.7. The van der Waals surface area contributed by atoms with E-state index in [0.29, 0.717) is 5.92 Å². The molecule has 62 valence electrons. The highest BCUT2D eigenvalue weighted by Gasteiger charge is 2.22. The minimum Gasteiger partial charge on any atom is -0.316 e. The van der Waals surface area contributed by atoms with Crippen LogP contribution in [0.4, 0.5) is 0 Å². The molecule has 0 aliphatic heterocycles. The number of hydrogen-bond acceptors (Lipinski definition) is 2. The van der Waals surface area contributed by atoms with Gasteiger partial charge in [0, 0.05) is 0 Å². The Kier molecular flexibility index (Phi) is 2.90. The van der Waals surface area contributed by atoms with Crippen LogP contribution in [0.15, 0.2) is 0 Å². The van der Waals surface area contributed by atoms with Gasteiger partial charge in [-0.25, -0.2) is 0 Å². The zero-order chi connectivity index (χ0) is 8.27. The topological polar surface area (TPSA) is 49.8 Å². The van der Waals surface area contributed by atoms with Crippen LogP contribution < -0.4 is 5.73 Å². The van der Waals surface area contributed by atoms with Gasteiger partial charge in [0.25, 0.3) is 0 Å². The summed E-state index contributed by atoms with van der Waals surface area (Å²) in [7, 11) is 0. The smallest absolute Gasteiger partial charge is 0.0956 e. The number of nitrogens with zero attached hydrogens (tertiary/aromatic N) is 1. The zero-order valence-corrected chi connectivity index (χ0v) is 7.09. The SMILES string of the molecule is C[C@H]1CC[C@H]([C@H](N)C#N)CC1. The summed E-state index contributed by atoms with van der Waals surface area (Å²) in [6.45, 7) is 2.27. The minimum absolute atomic E-state index is 0.220. The Hall–Kier alpha value is -0.550. The molecule has 0 bridgehead atoms. The maximum Gasteiger partial charge on any atom is 0.0956 e. The molecule has 11 heavy (non-hydrogen) atoms. The monoisotopic (exact) mass is 152 g/mol. The van der Waals surface area contributed by atoms with E-state index in [0.717, 1.165) is 18.8 Å². The molecule has 2 heteroatoms. The Morgan fingerprint density at radius 2 is 1.91 bits per heavy atom. The number of rotatable bonds is 1. The van der Waals surface area contributed by atoms with Gasteiger partial charge in [-0.05, 0) is 24.7 Å². The molecular formula is C9H16N2. The predicted octanol–water partition coefficient (Wildman–Crippen LogP) is 1.66. The summed E-state index contributed by atoms with van der Waals surface area (Å²) in [5.74, 6) is 1.31. The van der Waals surface area contributed by atoms with E-state index in [-0.39, 0.29) is 6.04 Å². The van der Waals surface area contributed by atoms with Gasteiger partial charge in [-0.15, -0.1) is 0 Å². The van der Waals surface area contributed by atoms with Crippen LogP contribution in [0.5, 0.6) is 0 Å². The molecule has 1 atom stereocenters. The first-order chi connectivity index (χ1) is 5.24. The molecule has 1 aliphatic rings. The third-order valence-corrected chi connectivity index (χ3v) is 2.72. The summed E-state index contributed by atoms with van der Waals surface area (Å²) in [6.07, 6.45) is 4.80. The average molecular weight is 152 g/mol. The normalized spacial score (nSPS) is 34.3. The Balaban J connectivity index is 2.34. The molecule has 0 aromatic rings. The molecule has 1 saturated carbocycles. The third kappa shape index (κ3) is 2.20. The molecule has 0 spiro atoms. The minimum atomic E-state index is -0.220. The van der Waals surface area contributed by atoms with Crippen LogP contribution in [0, 0.1) is 23.2 Å². The maximum absolute atomic E-state index is 8.58. The lowest BCUT2D eigenvalue weighted by atomic mass is 9.80. The van der Waals surface area contributed by atoms with Crippen LogP contribution in [0.25, 0.3) is 0 Å². The highest BCUT2D eigenvalue weighted by molar-refractivity contribution is 4.93. The first-order valence-corrected chi connectivity index (χ1v) is 4.39. The Morgan fingerprint density at radius 3 is 2.36 bits per heavy atom. The summed E-state index contributed by atoms with van der Waals surface area (Å²) >= 11 is 0. The molecule has 0 aromatic carbocycles. The second-order valence-corrected chi connectivity index (χ2v) is 3.67. The molecule has 1 rings (SSSR count). The van der Waals surface area contributed by atoms with Crippen molar-refractivity contribution in [1.29, 1.82) is 5.26 Å². The molecule has 0 aromatic heterocycles. The average Bonchev–Trinajstić information content (AvgIpc) is 2.05. The Morgan fingerprint density at radius 1 is 1.36 bits per heavy atom. The molecule has 0 saturated heterocycles. The van der Waals surface area contributed by atoms with Crippen molar-refractivity contribution in [3.05, 3.63) is 0 Å². The van der Waals surface area contributed by atoms with Crippen molar-refractivity contribution in [2.45, 2.75) is 38.6 Å². The van der Waals surface area contributed by atoms with Gasteiger partial charge in [-0.3, -0.25) is 0 Å². The summed E-state index contributed by atoms with van der Waals surface area (Å²) in [5.41, 5.74) is 5.63. The lowest BCUT2D eigenvalue weighted by Crippen LogP contribution is -2.31. The molecular weight excluding hydrogens is 136 g/mol. The molecule has 2 N–H and O–H groups in total. The number of nitriles is 1. The summed E-state index contributed by atoms with van der Waals surface area (Å²) in [4.78, 5) is 0. The van der Waals surface area contributed by atoms with Gasteiger partial charge in [0.05, 0.1) is 12.1 Å². The van der Waals surface area contributed by atoms with Crippen molar-refractivity contribution in [2.75, 3.05) is 0 Å². The summed E-state index contributed by atoms with van der Waals surface area (Å²) < 4.78 is 0. The third-order valence-electron chi connectivity index (χ3n) is 2.72. The van der Waals surface area contributed by atoms with Gasteiger partial charge in [-0.2, -0.15) is 5.26 Å². The van der Waals surface area contributed by atoms with E-state index in [1.54, 1.807) is 0 Å². The van der Waals surface area contributed by atoms with Crippen LogP contribution in [-0.4, -0.2) is 6.04 Å². The van der Waals surface area contributed by atoms with Gasteiger partial charge in [0.1, 0.15) is 0 Å². The van der Waals surface area contributed by atoms with E-state index in [4.69, 9.17) is 11.0 Å². The second-order valence-electron chi connectivity index (χ2n) is 3.67. The molecule has 1 fully saturated rings. The van der Waals surface area contributed by atoms with E-state index in [2.05, 4.69) is 13.0 Å². The molecule has 2 nitrogen and oxygen atoms in total. The standard InChI is InChI=1S/C9H16N2/c1-7-2-4-8(5-3-7)9(11)6-10/h7-9H,2-5,11H2,1H3/t7-,8-,9-/m1/s1. The van der Waals surface area contributed by atoms with Gasteiger partial charge in [0.2, 0.25) is 0 Å². The van der Waals surface area contributed by atoms with Crippen molar-refractivity contribution >= 4 is 0 Å². The Bertz CT molecular complexity index is 151. The van der Waals surface area contributed by atoms with Crippen molar-refractivity contribution in [1.82, 2.24) is 0 Å². The van der Waals surface area contributed by atoms with Crippen molar-refractivity contribution < 1.29 is 0 Å². The second kappa shape index (κ2) is 3.73. The first kappa shape index (κ1) is 8.55. The van der Waals surface area contributed by atoms with E-state index in [1.807, 2.05) is 0 Å². The van der Waals surface area contributed by atoms with E-state index in [1.165, 1.54) is 12.8 Å². The lowest BCUT2D eigenvalue weighted by Gasteiger charge is -2.27. The van der Waals surface area contributed by atoms with Crippen LogP contribution in [0.3, 0.4) is 0 Å². The molecule has 0 amide bonds. The van der Waals surface area contributed by atoms with Gasteiger partial charge in [0.15, 0.2) is 0 Å². The van der Waals surface area contributed by atoms with Crippen molar-refractivity contribution in [3.63, 3.8) is 0 Å². The fourth-order valence-corrected chi connectivity index (χ4v) is 1.75. The number of nitrogens with two attached hydrogens (primary N) is 1. The largest absolute Gasteiger partial charge is 0.316 e. The van der Waals surface area contributed by atoms with E-state index >= 15 is 0 Å². The van der Waals surface area contributed by atoms with Gasteiger partial charge in [-0.1, -0.05) is 19.8 Å². The fraction of sp³-hybridized carbons (Fsp3) is 0.889. The molecule has 1 aliphatic carbocycles. The van der Waals surface area contributed by atoms with Gasteiger partial charge < -0.3 is 5.73 Å². The molecule has 0 radical (unpaired) electrons.